The summed E-state index contributed by atoms with van der Waals surface area (Å²) in [5.41, 5.74) is 0.0297. The number of phenolic OH excluding ortho intramolecular Hbond substituents is 1. The highest BCUT2D eigenvalue weighted by Crippen LogP contribution is 2.25. The first-order valence-corrected chi connectivity index (χ1v) is 6.38. The molecule has 0 atom stereocenters. The number of aromatic hydroxyl groups is 1. The average Bonchev–Trinajstić information content (AvgIpc) is 2.40. The standard InChI is InChI=1S/C15H17FO2/c16-12-7-9-15(18)13(10-12)14(17)8-6-11-4-2-1-3-5-11/h6-11,18H,1-5H2/b8-6+. The molecule has 0 bridgehead atoms. The van der Waals surface area contributed by atoms with Gasteiger partial charge in [0.05, 0.1) is 5.56 Å². The Hall–Kier alpha value is -1.64. The van der Waals surface area contributed by atoms with Crippen LogP contribution < -0.4 is 0 Å². The van der Waals surface area contributed by atoms with E-state index in [0.29, 0.717) is 5.92 Å². The summed E-state index contributed by atoms with van der Waals surface area (Å²) >= 11 is 0. The molecule has 0 aliphatic heterocycles. The zero-order valence-electron chi connectivity index (χ0n) is 10.2. The van der Waals surface area contributed by atoms with Gasteiger partial charge in [-0.15, -0.1) is 0 Å². The normalized spacial score (nSPS) is 17.2. The van der Waals surface area contributed by atoms with Crippen LogP contribution >= 0.6 is 0 Å². The lowest BCUT2D eigenvalue weighted by Gasteiger charge is -2.17. The number of hydrogen-bond donors (Lipinski definition) is 1. The van der Waals surface area contributed by atoms with E-state index in [1.807, 2.05) is 6.08 Å². The number of carbonyl (C=O) groups is 1. The van der Waals surface area contributed by atoms with Crippen LogP contribution in [0.5, 0.6) is 5.75 Å². The van der Waals surface area contributed by atoms with Gasteiger partial charge >= 0.3 is 0 Å². The summed E-state index contributed by atoms with van der Waals surface area (Å²) in [7, 11) is 0. The molecule has 96 valence electrons. The van der Waals surface area contributed by atoms with E-state index in [1.165, 1.54) is 31.4 Å². The van der Waals surface area contributed by atoms with Crippen LogP contribution in [0.3, 0.4) is 0 Å². The number of ketones is 1. The molecule has 1 aliphatic carbocycles. The summed E-state index contributed by atoms with van der Waals surface area (Å²) in [6.07, 6.45) is 9.25. The van der Waals surface area contributed by atoms with Crippen LogP contribution in [-0.4, -0.2) is 10.9 Å². The lowest BCUT2D eigenvalue weighted by molar-refractivity contribution is 0.104. The highest BCUT2D eigenvalue weighted by molar-refractivity contribution is 6.06. The molecule has 0 saturated heterocycles. The Morgan fingerprint density at radius 3 is 2.72 bits per heavy atom. The lowest BCUT2D eigenvalue weighted by atomic mass is 9.89. The molecule has 18 heavy (non-hydrogen) atoms. The first-order valence-electron chi connectivity index (χ1n) is 6.38. The molecule has 3 heteroatoms. The van der Waals surface area contributed by atoms with Crippen molar-refractivity contribution < 1.29 is 14.3 Å². The maximum atomic E-state index is 13.0. The molecular weight excluding hydrogens is 231 g/mol. The molecule has 1 saturated carbocycles. The molecule has 1 aromatic rings. The number of hydrogen-bond acceptors (Lipinski definition) is 2. The zero-order chi connectivity index (χ0) is 13.0. The summed E-state index contributed by atoms with van der Waals surface area (Å²) in [5, 5.41) is 9.52. The zero-order valence-corrected chi connectivity index (χ0v) is 10.2. The van der Waals surface area contributed by atoms with E-state index in [0.717, 1.165) is 25.0 Å². The van der Waals surface area contributed by atoms with Crippen molar-refractivity contribution >= 4 is 5.78 Å². The van der Waals surface area contributed by atoms with E-state index in [2.05, 4.69) is 0 Å². The molecule has 0 aromatic heterocycles. The molecule has 2 rings (SSSR count). The van der Waals surface area contributed by atoms with E-state index in [-0.39, 0.29) is 17.1 Å². The number of phenols is 1. The Bertz CT molecular complexity index is 460. The molecule has 0 heterocycles. The second kappa shape index (κ2) is 5.80. The van der Waals surface area contributed by atoms with Gasteiger partial charge in [0, 0.05) is 0 Å². The predicted molar refractivity (Wildman–Crippen MR) is 68.1 cm³/mol. The van der Waals surface area contributed by atoms with Crippen molar-refractivity contribution in [2.75, 3.05) is 0 Å². The molecule has 0 amide bonds. The third-order valence-corrected chi connectivity index (χ3v) is 3.39. The van der Waals surface area contributed by atoms with Crippen molar-refractivity contribution in [3.8, 4) is 5.75 Å². The monoisotopic (exact) mass is 248 g/mol. The number of rotatable bonds is 3. The van der Waals surface area contributed by atoms with Crippen LogP contribution in [0.2, 0.25) is 0 Å². The number of benzene rings is 1. The summed E-state index contributed by atoms with van der Waals surface area (Å²) in [5.74, 6) is -0.576. The lowest BCUT2D eigenvalue weighted by Crippen LogP contribution is -2.04. The summed E-state index contributed by atoms with van der Waals surface area (Å²) in [6.45, 7) is 0. The first-order chi connectivity index (χ1) is 8.66. The van der Waals surface area contributed by atoms with E-state index < -0.39 is 5.82 Å². The van der Waals surface area contributed by atoms with E-state index in [1.54, 1.807) is 0 Å². The Morgan fingerprint density at radius 1 is 1.28 bits per heavy atom. The van der Waals surface area contributed by atoms with Gasteiger partial charge in [0.2, 0.25) is 0 Å². The van der Waals surface area contributed by atoms with Gasteiger partial charge in [-0.3, -0.25) is 4.79 Å². The topological polar surface area (TPSA) is 37.3 Å². The van der Waals surface area contributed by atoms with Crippen LogP contribution in [0, 0.1) is 11.7 Å². The van der Waals surface area contributed by atoms with Gasteiger partial charge in [-0.2, -0.15) is 0 Å². The smallest absolute Gasteiger partial charge is 0.189 e. The van der Waals surface area contributed by atoms with Crippen LogP contribution in [0.1, 0.15) is 42.5 Å². The average molecular weight is 248 g/mol. The van der Waals surface area contributed by atoms with Crippen molar-refractivity contribution in [3.63, 3.8) is 0 Å². The number of allylic oxidation sites excluding steroid dienone is 2. The van der Waals surface area contributed by atoms with Gasteiger partial charge in [0.15, 0.2) is 5.78 Å². The Labute approximate surface area is 106 Å². The fraction of sp³-hybridized carbons (Fsp3) is 0.400. The minimum atomic E-state index is -0.512. The Kier molecular flexibility index (Phi) is 4.13. The van der Waals surface area contributed by atoms with Gasteiger partial charge in [-0.05, 0) is 43.0 Å². The summed E-state index contributed by atoms with van der Waals surface area (Å²) in [6, 6.07) is 3.41. The van der Waals surface area contributed by atoms with Gasteiger partial charge < -0.3 is 5.11 Å². The summed E-state index contributed by atoms with van der Waals surface area (Å²) in [4.78, 5) is 11.8. The first kappa shape index (κ1) is 12.8. The third-order valence-electron chi connectivity index (χ3n) is 3.39. The molecule has 1 aromatic carbocycles. The van der Waals surface area contributed by atoms with Gasteiger partial charge in [0.1, 0.15) is 11.6 Å². The van der Waals surface area contributed by atoms with Crippen LogP contribution in [0.4, 0.5) is 4.39 Å². The SMILES string of the molecule is O=C(/C=C/C1CCCCC1)c1cc(F)ccc1O. The minimum absolute atomic E-state index is 0.0297. The quantitative estimate of drug-likeness (QED) is 0.651. The van der Waals surface area contributed by atoms with Gasteiger partial charge in [0.25, 0.3) is 0 Å². The molecule has 0 unspecified atom stereocenters. The maximum absolute atomic E-state index is 13.0. The predicted octanol–water partition coefficient (Wildman–Crippen LogP) is 3.85. The van der Waals surface area contributed by atoms with E-state index >= 15 is 0 Å². The van der Waals surface area contributed by atoms with E-state index in [4.69, 9.17) is 0 Å². The second-order valence-electron chi connectivity index (χ2n) is 4.78. The van der Waals surface area contributed by atoms with Crippen molar-refractivity contribution in [1.82, 2.24) is 0 Å². The van der Waals surface area contributed by atoms with E-state index in [9.17, 15) is 14.3 Å². The van der Waals surface area contributed by atoms with Crippen molar-refractivity contribution in [1.29, 1.82) is 0 Å². The Morgan fingerprint density at radius 2 is 2.00 bits per heavy atom. The number of carbonyl (C=O) groups excluding carboxylic acids is 1. The molecule has 1 aliphatic rings. The van der Waals surface area contributed by atoms with Crippen LogP contribution in [0.15, 0.2) is 30.4 Å². The van der Waals surface area contributed by atoms with Crippen LogP contribution in [0.25, 0.3) is 0 Å². The molecule has 0 radical (unpaired) electrons. The molecular formula is C15H17FO2. The maximum Gasteiger partial charge on any atom is 0.189 e. The number of halogens is 1. The molecule has 2 nitrogen and oxygen atoms in total. The van der Waals surface area contributed by atoms with Crippen LogP contribution in [-0.2, 0) is 0 Å². The van der Waals surface area contributed by atoms with Crippen molar-refractivity contribution in [2.45, 2.75) is 32.1 Å². The van der Waals surface area contributed by atoms with Gasteiger partial charge in [-0.25, -0.2) is 4.39 Å². The van der Waals surface area contributed by atoms with Crippen molar-refractivity contribution in [2.24, 2.45) is 5.92 Å². The fourth-order valence-electron chi connectivity index (χ4n) is 2.35. The largest absolute Gasteiger partial charge is 0.507 e. The Balaban J connectivity index is 2.06. The van der Waals surface area contributed by atoms with Crippen molar-refractivity contribution in [3.05, 3.63) is 41.7 Å². The molecule has 1 fully saturated rings. The minimum Gasteiger partial charge on any atom is -0.507 e. The highest BCUT2D eigenvalue weighted by atomic mass is 19.1. The molecule has 1 N–H and O–H groups in total. The molecule has 0 spiro atoms. The van der Waals surface area contributed by atoms with Gasteiger partial charge in [-0.1, -0.05) is 25.3 Å². The fourth-order valence-corrected chi connectivity index (χ4v) is 2.35. The highest BCUT2D eigenvalue weighted by Gasteiger charge is 2.13. The summed E-state index contributed by atoms with van der Waals surface area (Å²) < 4.78 is 13.0. The third kappa shape index (κ3) is 3.19. The second-order valence-corrected chi connectivity index (χ2v) is 4.78.